The summed E-state index contributed by atoms with van der Waals surface area (Å²) in [6.07, 6.45) is 7.78. The van der Waals surface area contributed by atoms with E-state index in [0.717, 1.165) is 12.8 Å². The summed E-state index contributed by atoms with van der Waals surface area (Å²) in [5.74, 6) is 0.129. The molecule has 1 aromatic heterocycles. The zero-order valence-electron chi connectivity index (χ0n) is 21.0. The Kier molecular flexibility index (Phi) is 10.3. The minimum atomic E-state index is -1.12. The maximum Gasteiger partial charge on any atom is 0.422 e. The molecule has 34 heavy (non-hydrogen) atoms. The van der Waals surface area contributed by atoms with Gasteiger partial charge in [-0.2, -0.15) is 0 Å². The molecule has 9 heteroatoms. The minimum absolute atomic E-state index is 0.219. The zero-order valence-corrected chi connectivity index (χ0v) is 21.0. The Balaban J connectivity index is 1.97. The lowest BCUT2D eigenvalue weighted by atomic mass is 10.0. The van der Waals surface area contributed by atoms with Gasteiger partial charge in [-0.05, 0) is 52.3 Å². The van der Waals surface area contributed by atoms with E-state index in [9.17, 15) is 14.3 Å². The van der Waals surface area contributed by atoms with Crippen molar-refractivity contribution in [2.24, 2.45) is 0 Å². The summed E-state index contributed by atoms with van der Waals surface area (Å²) < 4.78 is 25.4. The molecule has 1 amide bonds. The van der Waals surface area contributed by atoms with Crippen LogP contribution in [0.5, 0.6) is 5.75 Å². The quantitative estimate of drug-likeness (QED) is 0.233. The number of carbonyl (C=O) groups excluding carboxylic acids is 1. The third-order valence-electron chi connectivity index (χ3n) is 5.24. The number of carbonyl (C=O) groups is 1. The van der Waals surface area contributed by atoms with Gasteiger partial charge in [0.1, 0.15) is 17.0 Å². The largest absolute Gasteiger partial charge is 0.491 e. The normalized spacial score (nSPS) is 13.4. The van der Waals surface area contributed by atoms with Crippen LogP contribution in [-0.2, 0) is 10.3 Å². The van der Waals surface area contributed by atoms with Crippen LogP contribution in [0.2, 0.25) is 0 Å². The fourth-order valence-corrected chi connectivity index (χ4v) is 3.26. The van der Waals surface area contributed by atoms with Crippen LogP contribution in [0, 0.1) is 5.82 Å². The van der Waals surface area contributed by atoms with Gasteiger partial charge < -0.3 is 19.6 Å². The van der Waals surface area contributed by atoms with Crippen molar-refractivity contribution < 1.29 is 23.8 Å². The minimum Gasteiger partial charge on any atom is -0.491 e. The van der Waals surface area contributed by atoms with E-state index in [1.165, 1.54) is 31.7 Å². The Hall–Kier alpha value is -2.65. The van der Waals surface area contributed by atoms with Crippen LogP contribution >= 0.6 is 0 Å². The van der Waals surface area contributed by atoms with E-state index in [1.54, 1.807) is 46.0 Å². The molecule has 1 aromatic carbocycles. The molecule has 0 aliphatic heterocycles. The molecule has 0 saturated heterocycles. The number of aromatic amines is 1. The lowest BCUT2D eigenvalue weighted by Crippen LogP contribution is -2.54. The van der Waals surface area contributed by atoms with Crippen LogP contribution in [0.4, 0.5) is 9.18 Å². The Bertz CT molecular complexity index is 913. The lowest BCUT2D eigenvalue weighted by molar-refractivity contribution is 0.0436. The number of nitrogens with zero attached hydrogens (tertiary/aromatic N) is 1. The molecule has 0 spiro atoms. The highest BCUT2D eigenvalue weighted by atomic mass is 19.1. The summed E-state index contributed by atoms with van der Waals surface area (Å²) in [6.45, 7) is 9.22. The molecule has 0 fully saturated rings. The number of imidazole rings is 1. The smallest absolute Gasteiger partial charge is 0.422 e. The van der Waals surface area contributed by atoms with Crippen molar-refractivity contribution in [1.82, 2.24) is 20.8 Å². The maximum atomic E-state index is 14.6. The van der Waals surface area contributed by atoms with Crippen molar-refractivity contribution >= 4 is 6.09 Å². The second kappa shape index (κ2) is 12.7. The summed E-state index contributed by atoms with van der Waals surface area (Å²) in [5.41, 5.74) is 4.46. The summed E-state index contributed by atoms with van der Waals surface area (Å²) in [6, 6.07) is 4.71. The van der Waals surface area contributed by atoms with Gasteiger partial charge in [0.05, 0.1) is 18.9 Å². The van der Waals surface area contributed by atoms with E-state index >= 15 is 0 Å². The number of unbranched alkanes of at least 4 members (excludes halogenated alkanes) is 5. The van der Waals surface area contributed by atoms with Crippen molar-refractivity contribution in [1.29, 1.82) is 0 Å². The Labute approximate surface area is 201 Å². The number of amides is 1. The monoisotopic (exact) mass is 478 g/mol. The number of aliphatic hydroxyl groups is 1. The molecule has 0 aliphatic rings. The average molecular weight is 479 g/mol. The van der Waals surface area contributed by atoms with Gasteiger partial charge in [0, 0.05) is 11.8 Å². The molecule has 0 aliphatic carbocycles. The molecule has 190 valence electrons. The molecule has 4 N–H and O–H groups in total. The van der Waals surface area contributed by atoms with Crippen LogP contribution < -0.4 is 15.6 Å². The molecule has 0 bridgehead atoms. The molecule has 1 heterocycles. The van der Waals surface area contributed by atoms with Crippen LogP contribution in [0.1, 0.15) is 79.0 Å². The molecular formula is C25H39FN4O4. The van der Waals surface area contributed by atoms with Crippen molar-refractivity contribution in [3.63, 3.8) is 0 Å². The second-order valence-corrected chi connectivity index (χ2v) is 9.64. The summed E-state index contributed by atoms with van der Waals surface area (Å²) in [4.78, 5) is 19.4. The predicted molar refractivity (Wildman–Crippen MR) is 130 cm³/mol. The molecule has 2 rings (SSSR count). The van der Waals surface area contributed by atoms with Gasteiger partial charge in [-0.1, -0.05) is 39.0 Å². The van der Waals surface area contributed by atoms with E-state index in [0.29, 0.717) is 23.7 Å². The molecule has 2 aromatic rings. The van der Waals surface area contributed by atoms with Crippen LogP contribution in [0.3, 0.4) is 0 Å². The lowest BCUT2D eigenvalue weighted by Gasteiger charge is -2.28. The van der Waals surface area contributed by atoms with E-state index in [2.05, 4.69) is 27.7 Å². The van der Waals surface area contributed by atoms with Gasteiger partial charge in [-0.15, -0.1) is 0 Å². The first-order valence-corrected chi connectivity index (χ1v) is 11.9. The first kappa shape index (κ1) is 27.6. The number of aromatic nitrogens is 2. The standard InChI is InChI=1S/C25H39FN4O4/c1-6-7-8-9-10-11-14-33-21-13-12-18(15-19(21)26)20-16-27-22(28-20)25(5,17-31)30-29-23(32)34-24(2,3)4/h12-13,15-16,30-31H,6-11,14,17H2,1-5H3,(H,27,28)(H,29,32). The van der Waals surface area contributed by atoms with Crippen LogP contribution in [0.25, 0.3) is 11.3 Å². The molecule has 1 atom stereocenters. The molecule has 0 radical (unpaired) electrons. The highest BCUT2D eigenvalue weighted by Gasteiger charge is 2.31. The Morgan fingerprint density at radius 2 is 1.85 bits per heavy atom. The van der Waals surface area contributed by atoms with E-state index in [-0.39, 0.29) is 12.4 Å². The molecule has 1 unspecified atom stereocenters. The number of nitrogens with one attached hydrogen (secondary N) is 3. The average Bonchev–Trinajstić information content (AvgIpc) is 3.28. The van der Waals surface area contributed by atoms with Crippen LogP contribution in [0.15, 0.2) is 24.4 Å². The van der Waals surface area contributed by atoms with Gasteiger partial charge >= 0.3 is 6.09 Å². The van der Waals surface area contributed by atoms with Gasteiger partial charge in [0.2, 0.25) is 0 Å². The highest BCUT2D eigenvalue weighted by Crippen LogP contribution is 2.27. The van der Waals surface area contributed by atoms with E-state index < -0.39 is 23.1 Å². The van der Waals surface area contributed by atoms with Gasteiger partial charge in [-0.3, -0.25) is 5.43 Å². The van der Waals surface area contributed by atoms with Crippen LogP contribution in [-0.4, -0.2) is 40.0 Å². The number of ether oxygens (including phenoxy) is 2. The number of aliphatic hydroxyl groups excluding tert-OH is 1. The number of benzene rings is 1. The fraction of sp³-hybridized carbons (Fsp3) is 0.600. The summed E-state index contributed by atoms with van der Waals surface area (Å²) in [7, 11) is 0. The number of rotatable bonds is 13. The number of halogens is 1. The zero-order chi connectivity index (χ0) is 25.2. The number of hydrogen-bond acceptors (Lipinski definition) is 6. The van der Waals surface area contributed by atoms with Crippen molar-refractivity contribution in [2.45, 2.75) is 84.3 Å². The third kappa shape index (κ3) is 8.61. The van der Waals surface area contributed by atoms with Crippen molar-refractivity contribution in [3.8, 4) is 17.0 Å². The molecule has 8 nitrogen and oxygen atoms in total. The third-order valence-corrected chi connectivity index (χ3v) is 5.24. The first-order valence-electron chi connectivity index (χ1n) is 11.9. The Morgan fingerprint density at radius 1 is 1.15 bits per heavy atom. The number of hydrogen-bond donors (Lipinski definition) is 4. The van der Waals surface area contributed by atoms with E-state index in [1.807, 2.05) is 0 Å². The van der Waals surface area contributed by atoms with Gasteiger partial charge in [0.15, 0.2) is 11.6 Å². The summed E-state index contributed by atoms with van der Waals surface area (Å²) >= 11 is 0. The number of H-pyrrole nitrogens is 1. The number of hydrazine groups is 1. The Morgan fingerprint density at radius 3 is 2.50 bits per heavy atom. The SMILES string of the molecule is CCCCCCCCOc1ccc(-c2c[nH]c(C(C)(CO)NNC(=O)OC(C)(C)C)n2)cc1F. The molecule has 0 saturated carbocycles. The molecular weight excluding hydrogens is 439 g/mol. The summed E-state index contributed by atoms with van der Waals surface area (Å²) in [5, 5.41) is 9.92. The topological polar surface area (TPSA) is 108 Å². The van der Waals surface area contributed by atoms with Crippen molar-refractivity contribution in [3.05, 3.63) is 36.0 Å². The van der Waals surface area contributed by atoms with Crippen molar-refractivity contribution in [2.75, 3.05) is 13.2 Å². The predicted octanol–water partition coefficient (Wildman–Crippen LogP) is 5.19. The van der Waals surface area contributed by atoms with Gasteiger partial charge in [0.25, 0.3) is 0 Å². The fourth-order valence-electron chi connectivity index (χ4n) is 3.26. The highest BCUT2D eigenvalue weighted by molar-refractivity contribution is 5.67. The second-order valence-electron chi connectivity index (χ2n) is 9.64. The van der Waals surface area contributed by atoms with E-state index in [4.69, 9.17) is 9.47 Å². The maximum absolute atomic E-state index is 14.6. The van der Waals surface area contributed by atoms with Gasteiger partial charge in [-0.25, -0.2) is 19.6 Å². The first-order chi connectivity index (χ1) is 16.1.